The highest BCUT2D eigenvalue weighted by molar-refractivity contribution is 5.90. The van der Waals surface area contributed by atoms with E-state index in [0.29, 0.717) is 17.2 Å². The number of halogens is 2. The van der Waals surface area contributed by atoms with Gasteiger partial charge in [0.1, 0.15) is 11.5 Å². The molecule has 0 unspecified atom stereocenters. The van der Waals surface area contributed by atoms with E-state index in [2.05, 4.69) is 10.3 Å². The Morgan fingerprint density at radius 1 is 1.53 bits per heavy atom. The maximum Gasteiger partial charge on any atom is 0.228 e. The fourth-order valence-corrected chi connectivity index (χ4v) is 1.54. The summed E-state index contributed by atoms with van der Waals surface area (Å²) in [5, 5.41) is 2.49. The number of anilines is 1. The van der Waals surface area contributed by atoms with Crippen LogP contribution in [0.2, 0.25) is 0 Å². The van der Waals surface area contributed by atoms with Crippen LogP contribution in [0.5, 0.6) is 0 Å². The zero-order valence-corrected chi connectivity index (χ0v) is 9.20. The lowest BCUT2D eigenvalue weighted by Gasteiger charge is -2.00. The van der Waals surface area contributed by atoms with Crippen LogP contribution in [-0.2, 0) is 4.79 Å². The average Bonchev–Trinajstić information content (AvgIpc) is 2.57. The number of hydrogen-bond donors (Lipinski definition) is 1. The van der Waals surface area contributed by atoms with Crippen molar-refractivity contribution in [2.75, 3.05) is 12.0 Å². The normalized spacial score (nSPS) is 10.8. The summed E-state index contributed by atoms with van der Waals surface area (Å²) in [6.45, 7) is 0.984. The number of pyridine rings is 1. The van der Waals surface area contributed by atoms with Crippen molar-refractivity contribution in [2.45, 2.75) is 13.3 Å². The van der Waals surface area contributed by atoms with Crippen molar-refractivity contribution in [3.05, 3.63) is 29.8 Å². The second-order valence-electron chi connectivity index (χ2n) is 3.61. The molecule has 17 heavy (non-hydrogen) atoms. The Morgan fingerprint density at radius 2 is 2.29 bits per heavy atom. The van der Waals surface area contributed by atoms with Crippen LogP contribution in [0.25, 0.3) is 5.65 Å². The number of aromatic nitrogens is 2. The van der Waals surface area contributed by atoms with Crippen LogP contribution in [0, 0.1) is 12.7 Å². The van der Waals surface area contributed by atoms with Crippen molar-refractivity contribution >= 4 is 17.4 Å². The van der Waals surface area contributed by atoms with Gasteiger partial charge in [-0.2, -0.15) is 0 Å². The van der Waals surface area contributed by atoms with Gasteiger partial charge in [0.15, 0.2) is 5.82 Å². The van der Waals surface area contributed by atoms with E-state index >= 15 is 0 Å². The molecule has 0 aromatic carbocycles. The number of amides is 1. The van der Waals surface area contributed by atoms with Crippen LogP contribution < -0.4 is 5.32 Å². The third-order valence-corrected chi connectivity index (χ3v) is 2.40. The quantitative estimate of drug-likeness (QED) is 0.891. The minimum atomic E-state index is -0.715. The van der Waals surface area contributed by atoms with Gasteiger partial charge in [0.2, 0.25) is 5.91 Å². The number of alkyl halides is 1. The third-order valence-electron chi connectivity index (χ3n) is 2.40. The molecule has 0 fully saturated rings. The number of nitrogens with one attached hydrogen (secondary N) is 1. The molecule has 6 heteroatoms. The van der Waals surface area contributed by atoms with Gasteiger partial charge in [-0.25, -0.2) is 9.37 Å². The van der Waals surface area contributed by atoms with E-state index in [9.17, 15) is 13.6 Å². The lowest BCUT2D eigenvalue weighted by Crippen LogP contribution is -2.12. The van der Waals surface area contributed by atoms with E-state index in [1.54, 1.807) is 6.92 Å². The SMILES string of the molecule is Cc1c(NC(=O)CCF)nc2ccc(F)cn12. The molecule has 0 aliphatic rings. The number of imidazole rings is 1. The number of carbonyl (C=O) groups is 1. The molecule has 2 aromatic rings. The molecule has 0 bridgehead atoms. The summed E-state index contributed by atoms with van der Waals surface area (Å²) < 4.78 is 26.5. The Bertz CT molecular complexity index is 565. The summed E-state index contributed by atoms with van der Waals surface area (Å²) >= 11 is 0. The van der Waals surface area contributed by atoms with Gasteiger partial charge in [0, 0.05) is 6.20 Å². The van der Waals surface area contributed by atoms with E-state index in [0.717, 1.165) is 0 Å². The Kier molecular flexibility index (Phi) is 3.03. The van der Waals surface area contributed by atoms with Crippen LogP contribution in [0.1, 0.15) is 12.1 Å². The molecule has 0 aliphatic carbocycles. The Balaban J connectivity index is 2.35. The van der Waals surface area contributed by atoms with E-state index < -0.39 is 12.6 Å². The fourth-order valence-electron chi connectivity index (χ4n) is 1.54. The molecule has 2 rings (SSSR count). The van der Waals surface area contributed by atoms with Crippen molar-refractivity contribution in [3.8, 4) is 0 Å². The molecule has 4 nitrogen and oxygen atoms in total. The second kappa shape index (κ2) is 4.48. The van der Waals surface area contributed by atoms with Gasteiger partial charge in [-0.3, -0.25) is 13.6 Å². The van der Waals surface area contributed by atoms with E-state index in [1.807, 2.05) is 0 Å². The number of carbonyl (C=O) groups excluding carboxylic acids is 1. The van der Waals surface area contributed by atoms with Crippen molar-refractivity contribution in [1.29, 1.82) is 0 Å². The second-order valence-corrected chi connectivity index (χ2v) is 3.61. The van der Waals surface area contributed by atoms with Gasteiger partial charge in [-0.1, -0.05) is 0 Å². The maximum absolute atomic E-state index is 13.0. The molecule has 1 amide bonds. The van der Waals surface area contributed by atoms with Gasteiger partial charge in [-0.15, -0.1) is 0 Å². The minimum absolute atomic E-state index is 0.207. The standard InChI is InChI=1S/C11H11F2N3O/c1-7-11(15-10(17)4-5-12)14-9-3-2-8(13)6-16(7)9/h2-3,6H,4-5H2,1H3,(H,15,17). The van der Waals surface area contributed by atoms with Gasteiger partial charge < -0.3 is 5.32 Å². The van der Waals surface area contributed by atoms with E-state index in [4.69, 9.17) is 0 Å². The van der Waals surface area contributed by atoms with Crippen molar-refractivity contribution in [2.24, 2.45) is 0 Å². The number of nitrogens with zero attached hydrogens (tertiary/aromatic N) is 2. The highest BCUT2D eigenvalue weighted by atomic mass is 19.1. The van der Waals surface area contributed by atoms with Crippen molar-refractivity contribution < 1.29 is 13.6 Å². The first-order chi connectivity index (χ1) is 8.11. The average molecular weight is 239 g/mol. The highest BCUT2D eigenvalue weighted by Gasteiger charge is 2.11. The molecular weight excluding hydrogens is 228 g/mol. The summed E-state index contributed by atoms with van der Waals surface area (Å²) in [6, 6.07) is 2.79. The summed E-state index contributed by atoms with van der Waals surface area (Å²) in [5.74, 6) is -0.506. The molecule has 0 saturated heterocycles. The van der Waals surface area contributed by atoms with Gasteiger partial charge in [0.05, 0.1) is 18.8 Å². The molecule has 90 valence electrons. The van der Waals surface area contributed by atoms with Gasteiger partial charge >= 0.3 is 0 Å². The first-order valence-electron chi connectivity index (χ1n) is 5.12. The van der Waals surface area contributed by atoms with Crippen molar-refractivity contribution in [3.63, 3.8) is 0 Å². The Labute approximate surface area is 96.3 Å². The number of fused-ring (bicyclic) bond motifs is 1. The highest BCUT2D eigenvalue weighted by Crippen LogP contribution is 2.17. The van der Waals surface area contributed by atoms with Crippen LogP contribution in [0.4, 0.5) is 14.6 Å². The van der Waals surface area contributed by atoms with E-state index in [-0.39, 0.29) is 12.2 Å². The molecule has 1 N–H and O–H groups in total. The molecule has 0 aliphatic heterocycles. The largest absolute Gasteiger partial charge is 0.309 e. The summed E-state index contributed by atoms with van der Waals surface area (Å²) in [4.78, 5) is 15.4. The molecule has 0 spiro atoms. The zero-order chi connectivity index (χ0) is 12.4. The van der Waals surface area contributed by atoms with Crippen molar-refractivity contribution in [1.82, 2.24) is 9.38 Å². The lowest BCUT2D eigenvalue weighted by molar-refractivity contribution is -0.116. The molecular formula is C11H11F2N3O. The summed E-state index contributed by atoms with van der Waals surface area (Å²) in [6.07, 6.45) is 1.07. The number of aryl methyl sites for hydroxylation is 1. The Morgan fingerprint density at radius 3 is 3.00 bits per heavy atom. The molecule has 2 heterocycles. The zero-order valence-electron chi connectivity index (χ0n) is 9.20. The predicted molar refractivity (Wildman–Crippen MR) is 59.1 cm³/mol. The van der Waals surface area contributed by atoms with Crippen LogP contribution >= 0.6 is 0 Å². The summed E-state index contributed by atoms with van der Waals surface area (Å²) in [7, 11) is 0. The number of hydrogen-bond acceptors (Lipinski definition) is 2. The van der Waals surface area contributed by atoms with Crippen LogP contribution in [0.3, 0.4) is 0 Å². The topological polar surface area (TPSA) is 46.4 Å². The predicted octanol–water partition coefficient (Wildman–Crippen LogP) is 2.08. The fraction of sp³-hybridized carbons (Fsp3) is 0.273. The molecule has 0 radical (unpaired) electrons. The van der Waals surface area contributed by atoms with Crippen LogP contribution in [0.15, 0.2) is 18.3 Å². The number of rotatable bonds is 3. The maximum atomic E-state index is 13.0. The molecule has 2 aromatic heterocycles. The molecule has 0 atom stereocenters. The lowest BCUT2D eigenvalue weighted by atomic mass is 10.4. The summed E-state index contributed by atoms with van der Waals surface area (Å²) in [5.41, 5.74) is 1.13. The molecule has 0 saturated carbocycles. The minimum Gasteiger partial charge on any atom is -0.309 e. The Hall–Kier alpha value is -1.98. The first kappa shape index (κ1) is 11.5. The smallest absolute Gasteiger partial charge is 0.228 e. The van der Waals surface area contributed by atoms with Gasteiger partial charge in [-0.05, 0) is 19.1 Å². The first-order valence-corrected chi connectivity index (χ1v) is 5.12. The monoisotopic (exact) mass is 239 g/mol. The van der Waals surface area contributed by atoms with Crippen LogP contribution in [-0.4, -0.2) is 22.0 Å². The third kappa shape index (κ3) is 2.25. The van der Waals surface area contributed by atoms with Gasteiger partial charge in [0.25, 0.3) is 0 Å². The van der Waals surface area contributed by atoms with E-state index in [1.165, 1.54) is 22.7 Å².